The molecule has 1 fully saturated rings. The first-order chi connectivity index (χ1) is 12.2. The number of likely N-dealkylation sites (tertiary alicyclic amines) is 1. The number of benzene rings is 2. The summed E-state index contributed by atoms with van der Waals surface area (Å²) < 4.78 is 5.20. The van der Waals surface area contributed by atoms with Crippen LogP contribution in [0.2, 0.25) is 0 Å². The van der Waals surface area contributed by atoms with E-state index in [2.05, 4.69) is 30.5 Å². The Hall–Kier alpha value is -2.20. The molecule has 1 unspecified atom stereocenters. The van der Waals surface area contributed by atoms with E-state index < -0.39 is 0 Å². The molecule has 0 radical (unpaired) electrons. The molecule has 0 N–H and O–H groups in total. The highest BCUT2D eigenvalue weighted by Crippen LogP contribution is 2.28. The van der Waals surface area contributed by atoms with Crippen molar-refractivity contribution in [1.29, 1.82) is 0 Å². The second-order valence-corrected chi connectivity index (χ2v) is 7.03. The molecule has 4 heteroatoms. The Morgan fingerprint density at radius 1 is 1.16 bits per heavy atom. The maximum Gasteiger partial charge on any atom is 0.246 e. The molecular weight excluding hydrogens is 330 g/mol. The second kappa shape index (κ2) is 8.26. The van der Waals surface area contributed by atoms with E-state index in [4.69, 9.17) is 4.74 Å². The lowest BCUT2D eigenvalue weighted by atomic mass is 9.98. The molecule has 3 rings (SSSR count). The highest BCUT2D eigenvalue weighted by molar-refractivity contribution is 7.98. The van der Waals surface area contributed by atoms with Crippen molar-refractivity contribution < 1.29 is 9.53 Å². The number of thioether (sulfide) groups is 1. The van der Waals surface area contributed by atoms with E-state index in [1.807, 2.05) is 35.2 Å². The standard InChI is InChI=1S/C21H23NO2S/c1-24-19-8-6-17(7-9-19)18-13-14-22(15-18)21(23)12-5-16-3-10-20(25-2)11-4-16/h3-12,18H,13-15H2,1-2H3/b12-5+. The van der Waals surface area contributed by atoms with Gasteiger partial charge in [0.2, 0.25) is 5.91 Å². The highest BCUT2D eigenvalue weighted by atomic mass is 32.2. The molecule has 1 heterocycles. The van der Waals surface area contributed by atoms with Gasteiger partial charge in [0.25, 0.3) is 0 Å². The van der Waals surface area contributed by atoms with E-state index in [9.17, 15) is 4.79 Å². The first kappa shape index (κ1) is 17.6. The highest BCUT2D eigenvalue weighted by Gasteiger charge is 2.26. The number of ether oxygens (including phenoxy) is 1. The Bertz CT molecular complexity index is 737. The molecule has 1 aliphatic rings. The molecule has 2 aromatic rings. The molecule has 3 nitrogen and oxygen atoms in total. The fourth-order valence-electron chi connectivity index (χ4n) is 3.10. The van der Waals surface area contributed by atoms with Crippen LogP contribution in [-0.2, 0) is 4.79 Å². The van der Waals surface area contributed by atoms with Crippen LogP contribution < -0.4 is 4.74 Å². The molecular formula is C21H23NO2S. The Kier molecular flexibility index (Phi) is 5.82. The van der Waals surface area contributed by atoms with Crippen LogP contribution in [0, 0.1) is 0 Å². The van der Waals surface area contributed by atoms with Crippen molar-refractivity contribution >= 4 is 23.7 Å². The number of amides is 1. The van der Waals surface area contributed by atoms with Crippen molar-refractivity contribution in [3.05, 3.63) is 65.7 Å². The van der Waals surface area contributed by atoms with E-state index >= 15 is 0 Å². The largest absolute Gasteiger partial charge is 0.497 e. The SMILES string of the molecule is COc1ccc(C2CCN(C(=O)/C=C/c3ccc(SC)cc3)C2)cc1. The average Bonchev–Trinajstić information content (AvgIpc) is 3.17. The van der Waals surface area contributed by atoms with E-state index in [1.54, 1.807) is 24.9 Å². The Balaban J connectivity index is 1.58. The number of carbonyl (C=O) groups excluding carboxylic acids is 1. The number of hydrogen-bond donors (Lipinski definition) is 0. The summed E-state index contributed by atoms with van der Waals surface area (Å²) in [4.78, 5) is 15.6. The van der Waals surface area contributed by atoms with Gasteiger partial charge >= 0.3 is 0 Å². The lowest BCUT2D eigenvalue weighted by Gasteiger charge is -2.15. The van der Waals surface area contributed by atoms with Gasteiger partial charge in [-0.05, 0) is 54.1 Å². The molecule has 1 aliphatic heterocycles. The lowest BCUT2D eigenvalue weighted by molar-refractivity contribution is -0.124. The minimum absolute atomic E-state index is 0.0879. The van der Waals surface area contributed by atoms with Gasteiger partial charge in [-0.1, -0.05) is 24.3 Å². The van der Waals surface area contributed by atoms with Crippen molar-refractivity contribution in [2.75, 3.05) is 26.5 Å². The topological polar surface area (TPSA) is 29.5 Å². The van der Waals surface area contributed by atoms with Gasteiger partial charge in [0.05, 0.1) is 7.11 Å². The quantitative estimate of drug-likeness (QED) is 0.588. The molecule has 0 aliphatic carbocycles. The molecule has 2 aromatic carbocycles. The van der Waals surface area contributed by atoms with Crippen molar-refractivity contribution in [3.8, 4) is 5.75 Å². The second-order valence-electron chi connectivity index (χ2n) is 6.15. The third kappa shape index (κ3) is 4.45. The van der Waals surface area contributed by atoms with Gasteiger partial charge in [-0.25, -0.2) is 0 Å². The van der Waals surface area contributed by atoms with E-state index in [1.165, 1.54) is 10.5 Å². The molecule has 0 saturated carbocycles. The minimum Gasteiger partial charge on any atom is -0.497 e. The maximum atomic E-state index is 12.4. The molecule has 1 atom stereocenters. The Morgan fingerprint density at radius 2 is 1.88 bits per heavy atom. The first-order valence-electron chi connectivity index (χ1n) is 8.44. The van der Waals surface area contributed by atoms with E-state index in [0.717, 1.165) is 30.8 Å². The van der Waals surface area contributed by atoms with Gasteiger partial charge in [0.1, 0.15) is 5.75 Å². The molecule has 0 spiro atoms. The van der Waals surface area contributed by atoms with Crippen LogP contribution in [0.25, 0.3) is 6.08 Å². The van der Waals surface area contributed by atoms with Crippen LogP contribution in [0.1, 0.15) is 23.5 Å². The Labute approximate surface area is 153 Å². The van der Waals surface area contributed by atoms with Gasteiger partial charge < -0.3 is 9.64 Å². The summed E-state index contributed by atoms with van der Waals surface area (Å²) in [6.45, 7) is 1.59. The zero-order chi connectivity index (χ0) is 17.6. The van der Waals surface area contributed by atoms with Crippen molar-refractivity contribution in [2.24, 2.45) is 0 Å². The number of nitrogens with zero attached hydrogens (tertiary/aromatic N) is 1. The average molecular weight is 353 g/mol. The molecule has 130 valence electrons. The molecule has 1 saturated heterocycles. The van der Waals surface area contributed by atoms with Crippen molar-refractivity contribution in [3.63, 3.8) is 0 Å². The number of methoxy groups -OCH3 is 1. The Morgan fingerprint density at radius 3 is 2.52 bits per heavy atom. The predicted octanol–water partition coefficient (Wildman–Crippen LogP) is 4.45. The summed E-state index contributed by atoms with van der Waals surface area (Å²) in [7, 11) is 1.67. The zero-order valence-electron chi connectivity index (χ0n) is 14.6. The first-order valence-corrected chi connectivity index (χ1v) is 9.67. The smallest absolute Gasteiger partial charge is 0.246 e. The van der Waals surface area contributed by atoms with E-state index in [-0.39, 0.29) is 5.91 Å². The number of rotatable bonds is 5. The van der Waals surface area contributed by atoms with E-state index in [0.29, 0.717) is 5.92 Å². The van der Waals surface area contributed by atoms with Crippen LogP contribution in [0.4, 0.5) is 0 Å². The summed E-state index contributed by atoms with van der Waals surface area (Å²) in [5.74, 6) is 1.36. The summed E-state index contributed by atoms with van der Waals surface area (Å²) in [5, 5.41) is 0. The van der Waals surface area contributed by atoms with Gasteiger partial charge in [-0.3, -0.25) is 4.79 Å². The molecule has 0 bridgehead atoms. The fourth-order valence-corrected chi connectivity index (χ4v) is 3.50. The maximum absolute atomic E-state index is 12.4. The molecule has 0 aromatic heterocycles. The van der Waals surface area contributed by atoms with Gasteiger partial charge in [-0.2, -0.15) is 0 Å². The summed E-state index contributed by atoms with van der Waals surface area (Å²) >= 11 is 1.72. The van der Waals surface area contributed by atoms with Crippen LogP contribution in [0.3, 0.4) is 0 Å². The van der Waals surface area contributed by atoms with Gasteiger partial charge in [0, 0.05) is 30.0 Å². The van der Waals surface area contributed by atoms with Crippen LogP contribution in [0.15, 0.2) is 59.5 Å². The minimum atomic E-state index is 0.0879. The molecule has 1 amide bonds. The van der Waals surface area contributed by atoms with Gasteiger partial charge in [0.15, 0.2) is 0 Å². The number of carbonyl (C=O) groups is 1. The zero-order valence-corrected chi connectivity index (χ0v) is 15.5. The van der Waals surface area contributed by atoms with Crippen LogP contribution in [-0.4, -0.2) is 37.3 Å². The third-order valence-electron chi connectivity index (χ3n) is 4.62. The van der Waals surface area contributed by atoms with Crippen LogP contribution in [0.5, 0.6) is 5.75 Å². The van der Waals surface area contributed by atoms with Crippen LogP contribution >= 0.6 is 11.8 Å². The summed E-state index contributed by atoms with van der Waals surface area (Å²) in [6, 6.07) is 16.4. The number of hydrogen-bond acceptors (Lipinski definition) is 3. The van der Waals surface area contributed by atoms with Crippen molar-refractivity contribution in [2.45, 2.75) is 17.2 Å². The van der Waals surface area contributed by atoms with Gasteiger partial charge in [-0.15, -0.1) is 11.8 Å². The summed E-state index contributed by atoms with van der Waals surface area (Å²) in [6.07, 6.45) is 6.65. The normalized spacial score (nSPS) is 17.2. The third-order valence-corrected chi connectivity index (χ3v) is 5.36. The van der Waals surface area contributed by atoms with Crippen molar-refractivity contribution in [1.82, 2.24) is 4.90 Å². The fraction of sp³-hybridized carbons (Fsp3) is 0.286. The predicted molar refractivity (Wildman–Crippen MR) is 104 cm³/mol. The lowest BCUT2D eigenvalue weighted by Crippen LogP contribution is -2.26. The monoisotopic (exact) mass is 353 g/mol. The molecule has 25 heavy (non-hydrogen) atoms. The summed E-state index contributed by atoms with van der Waals surface area (Å²) in [5.41, 5.74) is 2.32.